The van der Waals surface area contributed by atoms with Crippen molar-refractivity contribution in [3.05, 3.63) is 23.2 Å². The van der Waals surface area contributed by atoms with E-state index in [1.54, 1.807) is 11.3 Å². The number of aromatic nitrogens is 1. The van der Waals surface area contributed by atoms with E-state index in [2.05, 4.69) is 24.1 Å². The number of hydrogen-bond donors (Lipinski definition) is 1. The second-order valence-electron chi connectivity index (χ2n) is 3.43. The molecule has 0 aliphatic heterocycles. The quantitative estimate of drug-likeness (QED) is 0.843. The Morgan fingerprint density at radius 3 is 2.93 bits per heavy atom. The molecule has 0 spiro atoms. The molecule has 1 N–H and O–H groups in total. The summed E-state index contributed by atoms with van der Waals surface area (Å²) in [6.07, 6.45) is 0. The molecule has 1 heterocycles. The lowest BCUT2D eigenvalue weighted by Crippen LogP contribution is -2.08. The highest BCUT2D eigenvalue weighted by Crippen LogP contribution is 2.28. The molecule has 0 unspecified atom stereocenters. The summed E-state index contributed by atoms with van der Waals surface area (Å²) >= 11 is 7.53. The molecule has 0 fully saturated rings. The summed E-state index contributed by atoms with van der Waals surface area (Å²) in [6.45, 7) is 4.19. The van der Waals surface area contributed by atoms with Crippen molar-refractivity contribution >= 4 is 38.3 Å². The van der Waals surface area contributed by atoms with E-state index < -0.39 is 0 Å². The van der Waals surface area contributed by atoms with E-state index in [4.69, 9.17) is 11.6 Å². The fourth-order valence-electron chi connectivity index (χ4n) is 1.21. The van der Waals surface area contributed by atoms with Gasteiger partial charge in [0.05, 0.1) is 10.2 Å². The number of anilines is 1. The molecular formula is C10H11ClN2S. The predicted octanol–water partition coefficient (Wildman–Crippen LogP) is 3.77. The van der Waals surface area contributed by atoms with E-state index >= 15 is 0 Å². The van der Waals surface area contributed by atoms with Crippen molar-refractivity contribution in [2.45, 2.75) is 19.9 Å². The van der Waals surface area contributed by atoms with Gasteiger partial charge in [0.2, 0.25) is 0 Å². The molecule has 0 amide bonds. The number of rotatable bonds is 2. The third-order valence-electron chi connectivity index (χ3n) is 1.76. The van der Waals surface area contributed by atoms with E-state index in [-0.39, 0.29) is 0 Å². The molecule has 0 saturated carbocycles. The molecule has 0 saturated heterocycles. The van der Waals surface area contributed by atoms with Gasteiger partial charge in [0.1, 0.15) is 0 Å². The van der Waals surface area contributed by atoms with Gasteiger partial charge in [-0.15, -0.1) is 0 Å². The first-order valence-corrected chi connectivity index (χ1v) is 5.67. The first-order valence-electron chi connectivity index (χ1n) is 4.48. The van der Waals surface area contributed by atoms with Crippen LogP contribution in [0.25, 0.3) is 10.2 Å². The van der Waals surface area contributed by atoms with E-state index in [1.165, 1.54) is 0 Å². The lowest BCUT2D eigenvalue weighted by molar-refractivity contribution is 0.897. The Hall–Kier alpha value is -0.800. The minimum Gasteiger partial charge on any atom is -0.359 e. The molecule has 14 heavy (non-hydrogen) atoms. The molecule has 0 aliphatic rings. The highest BCUT2D eigenvalue weighted by molar-refractivity contribution is 7.22. The fraction of sp³-hybridized carbons (Fsp3) is 0.300. The molecular weight excluding hydrogens is 216 g/mol. The summed E-state index contributed by atoms with van der Waals surface area (Å²) < 4.78 is 1.13. The van der Waals surface area contributed by atoms with Crippen molar-refractivity contribution in [3.63, 3.8) is 0 Å². The number of hydrogen-bond acceptors (Lipinski definition) is 3. The van der Waals surface area contributed by atoms with Gasteiger partial charge < -0.3 is 5.32 Å². The zero-order valence-electron chi connectivity index (χ0n) is 8.04. The minimum atomic E-state index is 0.408. The van der Waals surface area contributed by atoms with Gasteiger partial charge in [-0.25, -0.2) is 4.98 Å². The van der Waals surface area contributed by atoms with Crippen LogP contribution in [0.3, 0.4) is 0 Å². The summed E-state index contributed by atoms with van der Waals surface area (Å²) in [6, 6.07) is 6.16. The van der Waals surface area contributed by atoms with Crippen LogP contribution in [-0.4, -0.2) is 11.0 Å². The summed E-state index contributed by atoms with van der Waals surface area (Å²) in [5.74, 6) is 0. The van der Waals surface area contributed by atoms with Crippen LogP contribution < -0.4 is 5.32 Å². The first kappa shape index (κ1) is 9.74. The Balaban J connectivity index is 2.41. The number of nitrogens with one attached hydrogen (secondary N) is 1. The second kappa shape index (κ2) is 3.75. The van der Waals surface area contributed by atoms with E-state index in [1.807, 2.05) is 18.2 Å². The molecule has 1 aromatic heterocycles. The molecule has 1 aromatic carbocycles. The Labute approximate surface area is 91.9 Å². The molecule has 2 rings (SSSR count). The lowest BCUT2D eigenvalue weighted by Gasteiger charge is -2.03. The average Bonchev–Trinajstić information content (AvgIpc) is 2.44. The van der Waals surface area contributed by atoms with Gasteiger partial charge in [-0.05, 0) is 32.0 Å². The second-order valence-corrected chi connectivity index (χ2v) is 4.90. The molecule has 0 atom stereocenters. The van der Waals surface area contributed by atoms with Gasteiger partial charge in [-0.3, -0.25) is 0 Å². The molecule has 4 heteroatoms. The topological polar surface area (TPSA) is 24.9 Å². The fourth-order valence-corrected chi connectivity index (χ4v) is 2.50. The molecule has 0 bridgehead atoms. The monoisotopic (exact) mass is 226 g/mol. The largest absolute Gasteiger partial charge is 0.359 e. The van der Waals surface area contributed by atoms with E-state index in [9.17, 15) is 0 Å². The van der Waals surface area contributed by atoms with Gasteiger partial charge in [0.25, 0.3) is 0 Å². The smallest absolute Gasteiger partial charge is 0.183 e. The van der Waals surface area contributed by atoms with Gasteiger partial charge >= 0.3 is 0 Å². The number of halogens is 1. The van der Waals surface area contributed by atoms with Crippen molar-refractivity contribution < 1.29 is 0 Å². The average molecular weight is 227 g/mol. The lowest BCUT2D eigenvalue weighted by atomic mass is 10.3. The molecule has 2 nitrogen and oxygen atoms in total. The number of benzene rings is 1. The Kier molecular flexibility index (Phi) is 2.61. The van der Waals surface area contributed by atoms with Crippen molar-refractivity contribution in [1.29, 1.82) is 0 Å². The van der Waals surface area contributed by atoms with Crippen LogP contribution in [0.4, 0.5) is 5.13 Å². The van der Waals surface area contributed by atoms with Crippen LogP contribution in [0, 0.1) is 0 Å². The van der Waals surface area contributed by atoms with E-state index in [0.29, 0.717) is 6.04 Å². The van der Waals surface area contributed by atoms with Crippen molar-refractivity contribution in [2.24, 2.45) is 0 Å². The Morgan fingerprint density at radius 1 is 1.43 bits per heavy atom. The Bertz CT molecular complexity index is 450. The normalized spacial score (nSPS) is 11.1. The third kappa shape index (κ3) is 1.99. The van der Waals surface area contributed by atoms with Crippen LogP contribution in [0.1, 0.15) is 13.8 Å². The standard InChI is InChI=1S/C10H11ClN2S/c1-6(2)12-10-13-8-4-3-7(11)5-9(8)14-10/h3-6H,1-2H3,(H,12,13). The van der Waals surface area contributed by atoms with Crippen LogP contribution in [0.15, 0.2) is 18.2 Å². The third-order valence-corrected chi connectivity index (χ3v) is 2.95. The van der Waals surface area contributed by atoms with Gasteiger partial charge in [0, 0.05) is 11.1 Å². The zero-order valence-corrected chi connectivity index (χ0v) is 9.62. The summed E-state index contributed by atoms with van der Waals surface area (Å²) in [5.41, 5.74) is 1.00. The van der Waals surface area contributed by atoms with Crippen molar-refractivity contribution in [1.82, 2.24) is 4.98 Å². The number of nitrogens with zero attached hydrogens (tertiary/aromatic N) is 1. The van der Waals surface area contributed by atoms with Gasteiger partial charge in [0.15, 0.2) is 5.13 Å². The maximum atomic E-state index is 5.89. The molecule has 74 valence electrons. The maximum Gasteiger partial charge on any atom is 0.183 e. The highest BCUT2D eigenvalue weighted by Gasteiger charge is 2.04. The van der Waals surface area contributed by atoms with Gasteiger partial charge in [-0.1, -0.05) is 22.9 Å². The zero-order chi connectivity index (χ0) is 10.1. The maximum absolute atomic E-state index is 5.89. The summed E-state index contributed by atoms with van der Waals surface area (Å²) in [4.78, 5) is 4.44. The number of fused-ring (bicyclic) bond motifs is 1. The van der Waals surface area contributed by atoms with Gasteiger partial charge in [-0.2, -0.15) is 0 Å². The van der Waals surface area contributed by atoms with Crippen LogP contribution in [-0.2, 0) is 0 Å². The Morgan fingerprint density at radius 2 is 2.21 bits per heavy atom. The van der Waals surface area contributed by atoms with Crippen LogP contribution >= 0.6 is 22.9 Å². The predicted molar refractivity (Wildman–Crippen MR) is 63.4 cm³/mol. The highest BCUT2D eigenvalue weighted by atomic mass is 35.5. The minimum absolute atomic E-state index is 0.408. The first-order chi connectivity index (χ1) is 6.65. The number of thiazole rings is 1. The summed E-state index contributed by atoms with van der Waals surface area (Å²) in [5, 5.41) is 5.00. The van der Waals surface area contributed by atoms with Crippen molar-refractivity contribution in [2.75, 3.05) is 5.32 Å². The van der Waals surface area contributed by atoms with Crippen molar-refractivity contribution in [3.8, 4) is 0 Å². The van der Waals surface area contributed by atoms with Crippen LogP contribution in [0.5, 0.6) is 0 Å². The summed E-state index contributed by atoms with van der Waals surface area (Å²) in [7, 11) is 0. The SMILES string of the molecule is CC(C)Nc1nc2ccc(Cl)cc2s1. The van der Waals surface area contributed by atoms with Crippen LogP contribution in [0.2, 0.25) is 5.02 Å². The molecule has 2 aromatic rings. The molecule has 0 aliphatic carbocycles. The van der Waals surface area contributed by atoms with E-state index in [0.717, 1.165) is 20.4 Å². The molecule has 0 radical (unpaired) electrons.